The molecule has 22 heavy (non-hydrogen) atoms. The Bertz CT molecular complexity index is 527. The molecule has 2 aliphatic rings. The predicted octanol–water partition coefficient (Wildman–Crippen LogP) is 3.29. The number of aliphatic hydroxyl groups excluding tert-OH is 1. The maximum Gasteiger partial charge on any atom is 0.147 e. The lowest BCUT2D eigenvalue weighted by Crippen LogP contribution is -2.49. The number of likely N-dealkylation sites (N-methyl/N-ethyl adjacent to an activating group) is 1. The van der Waals surface area contributed by atoms with E-state index in [0.717, 1.165) is 38.8 Å². The van der Waals surface area contributed by atoms with Crippen LogP contribution in [-0.2, 0) is 0 Å². The molecule has 1 saturated heterocycles. The SMILES string of the molecule is CN([C@@H]1CCN(c2ccc(Cl)cc2F)C1)[C@H]1CCCC[C@@H]1O. The van der Waals surface area contributed by atoms with Crippen molar-refractivity contribution in [2.24, 2.45) is 0 Å². The average molecular weight is 327 g/mol. The molecule has 5 heteroatoms. The van der Waals surface area contributed by atoms with E-state index in [0.29, 0.717) is 16.8 Å². The van der Waals surface area contributed by atoms with E-state index < -0.39 is 0 Å². The molecule has 3 nitrogen and oxygen atoms in total. The van der Waals surface area contributed by atoms with Crippen LogP contribution < -0.4 is 4.90 Å². The van der Waals surface area contributed by atoms with E-state index in [1.165, 1.54) is 12.5 Å². The Labute approximate surface area is 136 Å². The lowest BCUT2D eigenvalue weighted by molar-refractivity contribution is 0.0165. The van der Waals surface area contributed by atoms with Crippen LogP contribution in [0.2, 0.25) is 5.02 Å². The zero-order chi connectivity index (χ0) is 15.7. The van der Waals surface area contributed by atoms with E-state index in [9.17, 15) is 9.50 Å². The summed E-state index contributed by atoms with van der Waals surface area (Å²) >= 11 is 5.83. The molecule has 1 aromatic rings. The van der Waals surface area contributed by atoms with E-state index in [2.05, 4.69) is 16.8 Å². The first kappa shape index (κ1) is 16.0. The Morgan fingerprint density at radius 2 is 2.05 bits per heavy atom. The van der Waals surface area contributed by atoms with Gasteiger partial charge in [0.25, 0.3) is 0 Å². The van der Waals surface area contributed by atoms with Gasteiger partial charge >= 0.3 is 0 Å². The molecule has 0 radical (unpaired) electrons. The molecule has 0 spiro atoms. The standard InChI is InChI=1S/C17H24ClFN2O/c1-20(16-4-2-3-5-17(16)22)13-8-9-21(11-13)15-7-6-12(18)10-14(15)19/h6-7,10,13,16-17,22H,2-5,8-9,11H2,1H3/t13-,16+,17+/m1/s1. The van der Waals surface area contributed by atoms with Crippen LogP contribution in [0.3, 0.4) is 0 Å². The second-order valence-electron chi connectivity index (χ2n) is 6.57. The third-order valence-electron chi connectivity index (χ3n) is 5.21. The number of benzene rings is 1. The van der Waals surface area contributed by atoms with Gasteiger partial charge in [0.15, 0.2) is 0 Å². The highest BCUT2D eigenvalue weighted by Crippen LogP contribution is 2.30. The van der Waals surface area contributed by atoms with Gasteiger partial charge in [-0.1, -0.05) is 24.4 Å². The molecule has 1 saturated carbocycles. The number of halogens is 2. The fourth-order valence-electron chi connectivity index (χ4n) is 3.87. The van der Waals surface area contributed by atoms with E-state index in [4.69, 9.17) is 11.6 Å². The summed E-state index contributed by atoms with van der Waals surface area (Å²) in [5.74, 6) is -0.256. The lowest BCUT2D eigenvalue weighted by atomic mass is 9.90. The van der Waals surface area contributed by atoms with Gasteiger partial charge in [0.05, 0.1) is 11.8 Å². The highest BCUT2D eigenvalue weighted by atomic mass is 35.5. The zero-order valence-electron chi connectivity index (χ0n) is 13.0. The first-order valence-electron chi connectivity index (χ1n) is 8.16. The van der Waals surface area contributed by atoms with Crippen molar-refractivity contribution in [3.05, 3.63) is 29.0 Å². The molecule has 1 aromatic carbocycles. The predicted molar refractivity (Wildman–Crippen MR) is 88.1 cm³/mol. The maximum absolute atomic E-state index is 14.1. The van der Waals surface area contributed by atoms with Gasteiger partial charge in [-0.25, -0.2) is 4.39 Å². The molecule has 3 atom stereocenters. The third-order valence-corrected chi connectivity index (χ3v) is 5.44. The minimum atomic E-state index is -0.256. The second-order valence-corrected chi connectivity index (χ2v) is 7.01. The molecule has 0 unspecified atom stereocenters. The quantitative estimate of drug-likeness (QED) is 0.923. The number of anilines is 1. The molecule has 1 aliphatic heterocycles. The summed E-state index contributed by atoms with van der Waals surface area (Å²) in [6.45, 7) is 1.65. The van der Waals surface area contributed by atoms with Gasteiger partial charge in [-0.05, 0) is 44.5 Å². The molecule has 0 aromatic heterocycles. The first-order chi connectivity index (χ1) is 10.6. The van der Waals surface area contributed by atoms with Gasteiger partial charge in [-0.3, -0.25) is 4.90 Å². The number of hydrogen-bond donors (Lipinski definition) is 1. The summed E-state index contributed by atoms with van der Waals surface area (Å²) in [4.78, 5) is 4.40. The number of rotatable bonds is 3. The van der Waals surface area contributed by atoms with Gasteiger partial charge < -0.3 is 10.0 Å². The Morgan fingerprint density at radius 1 is 1.27 bits per heavy atom. The van der Waals surface area contributed by atoms with Crippen LogP contribution >= 0.6 is 11.6 Å². The van der Waals surface area contributed by atoms with Crippen molar-refractivity contribution in [3.8, 4) is 0 Å². The van der Waals surface area contributed by atoms with Crippen LogP contribution in [0.15, 0.2) is 18.2 Å². The Morgan fingerprint density at radius 3 is 2.77 bits per heavy atom. The van der Waals surface area contributed by atoms with Crippen LogP contribution in [0.5, 0.6) is 0 Å². The van der Waals surface area contributed by atoms with Gasteiger partial charge in [-0.2, -0.15) is 0 Å². The molecule has 2 fully saturated rings. The van der Waals surface area contributed by atoms with Crippen molar-refractivity contribution in [2.45, 2.75) is 50.3 Å². The van der Waals surface area contributed by atoms with Crippen molar-refractivity contribution in [3.63, 3.8) is 0 Å². The van der Waals surface area contributed by atoms with Crippen LogP contribution in [0.1, 0.15) is 32.1 Å². The Balaban J connectivity index is 1.66. The number of nitrogens with zero attached hydrogens (tertiary/aromatic N) is 2. The van der Waals surface area contributed by atoms with Crippen molar-refractivity contribution in [1.29, 1.82) is 0 Å². The summed E-state index contributed by atoms with van der Waals surface area (Å²) < 4.78 is 14.1. The summed E-state index contributed by atoms with van der Waals surface area (Å²) in [5.41, 5.74) is 0.629. The van der Waals surface area contributed by atoms with Crippen molar-refractivity contribution < 1.29 is 9.50 Å². The van der Waals surface area contributed by atoms with Crippen molar-refractivity contribution >= 4 is 17.3 Å². The second kappa shape index (κ2) is 6.73. The highest BCUT2D eigenvalue weighted by molar-refractivity contribution is 6.30. The molecule has 1 heterocycles. The van der Waals surface area contributed by atoms with Crippen LogP contribution in [-0.4, -0.2) is 48.3 Å². The highest BCUT2D eigenvalue weighted by Gasteiger charge is 2.34. The molecule has 0 bridgehead atoms. The van der Waals surface area contributed by atoms with E-state index >= 15 is 0 Å². The first-order valence-corrected chi connectivity index (χ1v) is 8.54. The minimum absolute atomic E-state index is 0.222. The monoisotopic (exact) mass is 326 g/mol. The molecular formula is C17H24ClFN2O. The molecule has 0 amide bonds. The Kier molecular flexibility index (Phi) is 4.91. The van der Waals surface area contributed by atoms with E-state index in [-0.39, 0.29) is 18.0 Å². The van der Waals surface area contributed by atoms with Crippen LogP contribution in [0, 0.1) is 5.82 Å². The number of aliphatic hydroxyl groups is 1. The smallest absolute Gasteiger partial charge is 0.147 e. The largest absolute Gasteiger partial charge is 0.391 e. The van der Waals surface area contributed by atoms with E-state index in [1.54, 1.807) is 12.1 Å². The number of hydrogen-bond acceptors (Lipinski definition) is 3. The van der Waals surface area contributed by atoms with Crippen molar-refractivity contribution in [1.82, 2.24) is 4.90 Å². The van der Waals surface area contributed by atoms with Gasteiger partial charge in [0.2, 0.25) is 0 Å². The molecule has 3 rings (SSSR count). The van der Waals surface area contributed by atoms with Crippen LogP contribution in [0.25, 0.3) is 0 Å². The minimum Gasteiger partial charge on any atom is -0.391 e. The summed E-state index contributed by atoms with van der Waals surface area (Å²) in [7, 11) is 2.10. The lowest BCUT2D eigenvalue weighted by Gasteiger charge is -2.38. The van der Waals surface area contributed by atoms with Crippen molar-refractivity contribution in [2.75, 3.05) is 25.0 Å². The normalized spacial score (nSPS) is 29.3. The molecular weight excluding hydrogens is 303 g/mol. The van der Waals surface area contributed by atoms with Gasteiger partial charge in [-0.15, -0.1) is 0 Å². The fourth-order valence-corrected chi connectivity index (χ4v) is 4.03. The third kappa shape index (κ3) is 3.24. The molecule has 122 valence electrons. The zero-order valence-corrected chi connectivity index (χ0v) is 13.8. The molecule has 1 aliphatic carbocycles. The molecule has 1 N–H and O–H groups in total. The Hall–Kier alpha value is -0.840. The van der Waals surface area contributed by atoms with Crippen LogP contribution in [0.4, 0.5) is 10.1 Å². The average Bonchev–Trinajstić information content (AvgIpc) is 2.96. The van der Waals surface area contributed by atoms with E-state index in [1.807, 2.05) is 0 Å². The summed E-state index contributed by atoms with van der Waals surface area (Å²) in [6.07, 6.45) is 5.05. The fraction of sp³-hybridized carbons (Fsp3) is 0.647. The summed E-state index contributed by atoms with van der Waals surface area (Å²) in [6, 6.07) is 5.48. The van der Waals surface area contributed by atoms with Gasteiger partial charge in [0.1, 0.15) is 5.82 Å². The van der Waals surface area contributed by atoms with Gasteiger partial charge in [0, 0.05) is 30.2 Å². The summed E-state index contributed by atoms with van der Waals surface area (Å²) in [5, 5.41) is 10.7. The topological polar surface area (TPSA) is 26.7 Å². The maximum atomic E-state index is 14.1.